The average Bonchev–Trinajstić information content (AvgIpc) is 3.21. The topological polar surface area (TPSA) is 46.2 Å². The molecule has 3 nitrogen and oxygen atoms in total. The number of hydrogen-bond donors (Lipinski definition) is 1. The minimum absolute atomic E-state index is 0.410. The van der Waals surface area contributed by atoms with E-state index in [1.165, 1.54) is 0 Å². The Hall–Kier alpha value is -0.550. The molecule has 2 aliphatic rings. The molecular weight excluding hydrogens is 353 g/mol. The number of allylic oxidation sites excluding steroid dienone is 1. The van der Waals surface area contributed by atoms with E-state index < -0.39 is 20.3 Å². The molecule has 0 amide bonds. The molecule has 0 atom stereocenters. The Balaban J connectivity index is 1.80. The molecule has 0 heterocycles. The molecule has 0 bridgehead atoms. The van der Waals surface area contributed by atoms with E-state index in [9.17, 15) is 8.42 Å². The summed E-state index contributed by atoms with van der Waals surface area (Å²) in [5.41, 5.74) is 0.527. The molecule has 23 heavy (non-hydrogen) atoms. The highest BCUT2D eigenvalue weighted by atomic mass is 35.5. The van der Waals surface area contributed by atoms with Crippen LogP contribution in [-0.4, -0.2) is 18.7 Å². The van der Waals surface area contributed by atoms with E-state index in [1.54, 1.807) is 18.2 Å². The molecule has 3 rings (SSSR count). The van der Waals surface area contributed by atoms with Gasteiger partial charge < -0.3 is 0 Å². The third-order valence-electron chi connectivity index (χ3n) is 5.10. The monoisotopic (exact) mass is 373 g/mol. The van der Waals surface area contributed by atoms with Gasteiger partial charge in [0.1, 0.15) is 0 Å². The lowest BCUT2D eigenvalue weighted by molar-refractivity contribution is 0.219. The van der Waals surface area contributed by atoms with Crippen molar-refractivity contribution in [3.8, 4) is 0 Å². The minimum Gasteiger partial charge on any atom is -0.212 e. The van der Waals surface area contributed by atoms with E-state index in [2.05, 4.69) is 11.3 Å². The van der Waals surface area contributed by atoms with Crippen LogP contribution in [0.1, 0.15) is 44.1 Å². The quantitative estimate of drug-likeness (QED) is 0.715. The van der Waals surface area contributed by atoms with E-state index in [0.717, 1.165) is 24.8 Å². The van der Waals surface area contributed by atoms with Crippen LogP contribution in [0.2, 0.25) is 10.0 Å². The molecule has 0 radical (unpaired) electrons. The fourth-order valence-electron chi connectivity index (χ4n) is 3.33. The van der Waals surface area contributed by atoms with Crippen molar-refractivity contribution in [2.24, 2.45) is 0 Å². The van der Waals surface area contributed by atoms with Crippen LogP contribution in [0.4, 0.5) is 0 Å². The van der Waals surface area contributed by atoms with Gasteiger partial charge in [0.2, 0.25) is 10.0 Å². The summed E-state index contributed by atoms with van der Waals surface area (Å²) < 4.78 is 28.0. The summed E-state index contributed by atoms with van der Waals surface area (Å²) in [6.07, 6.45) is 6.97. The standard InChI is InChI=1S/C17H21Cl2NO2S/c1-2-6-17(9-10-17)23(21,22)20-16(7-3-8-16)12-13-4-5-14(18)11-15(13)19/h2,4-5,11,20H,1,3,6-10,12H2. The zero-order valence-corrected chi connectivity index (χ0v) is 15.3. The maximum Gasteiger partial charge on any atom is 0.218 e. The van der Waals surface area contributed by atoms with E-state index in [0.29, 0.717) is 35.7 Å². The number of sulfonamides is 1. The molecule has 1 N–H and O–H groups in total. The highest BCUT2D eigenvalue weighted by molar-refractivity contribution is 7.91. The first-order valence-electron chi connectivity index (χ1n) is 7.90. The van der Waals surface area contributed by atoms with Crippen molar-refractivity contribution < 1.29 is 8.42 Å². The van der Waals surface area contributed by atoms with Gasteiger partial charge in [-0.15, -0.1) is 6.58 Å². The van der Waals surface area contributed by atoms with Crippen LogP contribution < -0.4 is 4.72 Å². The van der Waals surface area contributed by atoms with Crippen molar-refractivity contribution >= 4 is 33.2 Å². The summed E-state index contributed by atoms with van der Waals surface area (Å²) in [4.78, 5) is 0. The molecular formula is C17H21Cl2NO2S. The van der Waals surface area contributed by atoms with Crippen molar-refractivity contribution in [1.82, 2.24) is 4.72 Å². The Morgan fingerprint density at radius 2 is 1.91 bits per heavy atom. The summed E-state index contributed by atoms with van der Waals surface area (Å²) in [5, 5.41) is 1.18. The van der Waals surface area contributed by atoms with Crippen molar-refractivity contribution in [2.75, 3.05) is 0 Å². The largest absolute Gasteiger partial charge is 0.218 e. The fourth-order valence-corrected chi connectivity index (χ4v) is 5.84. The van der Waals surface area contributed by atoms with Crippen LogP contribution in [0.15, 0.2) is 30.9 Å². The second kappa shape index (κ2) is 6.07. The van der Waals surface area contributed by atoms with Gasteiger partial charge in [-0.3, -0.25) is 0 Å². The molecule has 0 saturated heterocycles. The Morgan fingerprint density at radius 3 is 2.39 bits per heavy atom. The van der Waals surface area contributed by atoms with Gasteiger partial charge in [-0.05, 0) is 62.6 Å². The molecule has 0 spiro atoms. The molecule has 6 heteroatoms. The SMILES string of the molecule is C=CCC1(S(=O)(=O)NC2(Cc3ccc(Cl)cc3Cl)CCC2)CC1. The van der Waals surface area contributed by atoms with Gasteiger partial charge >= 0.3 is 0 Å². The first kappa shape index (κ1) is 17.3. The summed E-state index contributed by atoms with van der Waals surface area (Å²) in [6, 6.07) is 5.39. The maximum atomic E-state index is 12.8. The zero-order valence-electron chi connectivity index (χ0n) is 12.9. The van der Waals surface area contributed by atoms with Crippen molar-refractivity contribution in [1.29, 1.82) is 0 Å². The molecule has 1 aromatic carbocycles. The van der Waals surface area contributed by atoms with E-state index in [1.807, 2.05) is 6.07 Å². The number of halogens is 2. The molecule has 0 aliphatic heterocycles. The Labute approximate surface area is 148 Å². The smallest absolute Gasteiger partial charge is 0.212 e. The summed E-state index contributed by atoms with van der Waals surface area (Å²) in [5.74, 6) is 0. The van der Waals surface area contributed by atoms with E-state index >= 15 is 0 Å². The van der Waals surface area contributed by atoms with Crippen LogP contribution in [-0.2, 0) is 16.4 Å². The first-order chi connectivity index (χ1) is 10.8. The average molecular weight is 374 g/mol. The molecule has 2 saturated carbocycles. The fraction of sp³-hybridized carbons (Fsp3) is 0.529. The van der Waals surface area contributed by atoms with Crippen LogP contribution in [0.25, 0.3) is 0 Å². The van der Waals surface area contributed by atoms with Gasteiger partial charge in [0.25, 0.3) is 0 Å². The van der Waals surface area contributed by atoms with Crippen molar-refractivity contribution in [3.63, 3.8) is 0 Å². The van der Waals surface area contributed by atoms with Gasteiger partial charge in [-0.2, -0.15) is 0 Å². The third-order valence-corrected chi connectivity index (χ3v) is 8.10. The van der Waals surface area contributed by atoms with Crippen molar-refractivity contribution in [3.05, 3.63) is 46.5 Å². The zero-order chi connectivity index (χ0) is 16.7. The predicted octanol–water partition coefficient (Wildman–Crippen LogP) is 4.49. The predicted molar refractivity (Wildman–Crippen MR) is 95.6 cm³/mol. The van der Waals surface area contributed by atoms with Gasteiger partial charge in [0, 0.05) is 15.6 Å². The highest BCUT2D eigenvalue weighted by Gasteiger charge is 2.56. The Morgan fingerprint density at radius 1 is 1.22 bits per heavy atom. The van der Waals surface area contributed by atoms with E-state index in [-0.39, 0.29) is 0 Å². The van der Waals surface area contributed by atoms with Crippen LogP contribution >= 0.6 is 23.2 Å². The van der Waals surface area contributed by atoms with E-state index in [4.69, 9.17) is 23.2 Å². The summed E-state index contributed by atoms with van der Waals surface area (Å²) >= 11 is 12.2. The third kappa shape index (κ3) is 3.32. The van der Waals surface area contributed by atoms with Gasteiger partial charge in [-0.25, -0.2) is 13.1 Å². The second-order valence-corrected chi connectivity index (χ2v) is 9.75. The number of hydrogen-bond acceptors (Lipinski definition) is 2. The lowest BCUT2D eigenvalue weighted by Crippen LogP contribution is -2.57. The number of nitrogens with one attached hydrogen (secondary N) is 1. The van der Waals surface area contributed by atoms with Crippen LogP contribution in [0, 0.1) is 0 Å². The van der Waals surface area contributed by atoms with Gasteiger partial charge in [0.15, 0.2) is 0 Å². The molecule has 0 aromatic heterocycles. The van der Waals surface area contributed by atoms with Gasteiger partial charge in [0.05, 0.1) is 4.75 Å². The highest BCUT2D eigenvalue weighted by Crippen LogP contribution is 2.48. The first-order valence-corrected chi connectivity index (χ1v) is 10.1. The Bertz CT molecular complexity index is 722. The molecule has 2 aliphatic carbocycles. The Kier molecular flexibility index (Phi) is 4.56. The van der Waals surface area contributed by atoms with Gasteiger partial charge in [-0.1, -0.05) is 35.3 Å². The number of benzene rings is 1. The number of rotatable bonds is 7. The molecule has 1 aromatic rings. The van der Waals surface area contributed by atoms with Crippen LogP contribution in [0.3, 0.4) is 0 Å². The molecule has 0 unspecified atom stereocenters. The molecule has 126 valence electrons. The lowest BCUT2D eigenvalue weighted by Gasteiger charge is -2.43. The minimum atomic E-state index is -3.36. The van der Waals surface area contributed by atoms with Crippen LogP contribution in [0.5, 0.6) is 0 Å². The second-order valence-electron chi connectivity index (χ2n) is 6.83. The maximum absolute atomic E-state index is 12.8. The lowest BCUT2D eigenvalue weighted by atomic mass is 9.74. The molecule has 2 fully saturated rings. The summed E-state index contributed by atoms with van der Waals surface area (Å²) in [6.45, 7) is 3.70. The van der Waals surface area contributed by atoms with Crippen molar-refractivity contribution in [2.45, 2.75) is 55.2 Å². The normalized spacial score (nSPS) is 21.5. The summed E-state index contributed by atoms with van der Waals surface area (Å²) in [7, 11) is -3.36.